The third kappa shape index (κ3) is 6.47. The number of halogens is 3. The summed E-state index contributed by atoms with van der Waals surface area (Å²) in [4.78, 5) is 25.3. The number of hydrogen-bond donors (Lipinski definition) is 3. The van der Waals surface area contributed by atoms with E-state index in [1.165, 1.54) is 12.5 Å². The van der Waals surface area contributed by atoms with Gasteiger partial charge in [-0.05, 0) is 54.0 Å². The molecule has 200 valence electrons. The topological polar surface area (TPSA) is 70.2 Å². The van der Waals surface area contributed by atoms with E-state index >= 15 is 4.39 Å². The molecule has 2 fully saturated rings. The molecular formula is C29H36Cl2FN3O2. The first kappa shape index (κ1) is 27.9. The van der Waals surface area contributed by atoms with Crippen LogP contribution in [0.15, 0.2) is 36.4 Å². The van der Waals surface area contributed by atoms with E-state index in [2.05, 4.69) is 36.7 Å². The van der Waals surface area contributed by atoms with Gasteiger partial charge in [0, 0.05) is 34.6 Å². The van der Waals surface area contributed by atoms with Crippen molar-refractivity contribution in [3.63, 3.8) is 0 Å². The zero-order valence-electron chi connectivity index (χ0n) is 21.6. The molecule has 2 aromatic carbocycles. The molecular weight excluding hydrogens is 512 g/mol. The van der Waals surface area contributed by atoms with Crippen LogP contribution in [-0.2, 0) is 9.59 Å². The average Bonchev–Trinajstić information content (AvgIpc) is 3.19. The molecule has 1 saturated heterocycles. The predicted octanol–water partition coefficient (Wildman–Crippen LogP) is 6.79. The van der Waals surface area contributed by atoms with Crippen molar-refractivity contribution in [3.8, 4) is 0 Å². The van der Waals surface area contributed by atoms with Crippen LogP contribution in [-0.4, -0.2) is 30.4 Å². The molecule has 0 radical (unpaired) electrons. The zero-order valence-corrected chi connectivity index (χ0v) is 23.1. The van der Waals surface area contributed by atoms with E-state index in [1.807, 2.05) is 6.07 Å². The minimum atomic E-state index is -0.674. The Hall–Kier alpha value is -2.15. The van der Waals surface area contributed by atoms with Crippen LogP contribution in [0.4, 0.5) is 10.1 Å². The Bertz CT molecular complexity index is 1130. The average molecular weight is 549 g/mol. The number of carbonyl (C=O) groups is 2. The molecule has 0 bridgehead atoms. The van der Waals surface area contributed by atoms with Crippen LogP contribution in [0, 0.1) is 11.2 Å². The van der Waals surface area contributed by atoms with Crippen LogP contribution in [0.3, 0.4) is 0 Å². The van der Waals surface area contributed by atoms with Crippen LogP contribution in [0.25, 0.3) is 0 Å². The maximum Gasteiger partial charge on any atom is 0.238 e. The Balaban J connectivity index is 1.84. The number of rotatable bonds is 7. The van der Waals surface area contributed by atoms with Crippen LogP contribution < -0.4 is 16.0 Å². The fourth-order valence-corrected chi connectivity index (χ4v) is 6.44. The lowest BCUT2D eigenvalue weighted by Gasteiger charge is -2.31. The third-order valence-electron chi connectivity index (χ3n) is 7.57. The third-order valence-corrected chi connectivity index (χ3v) is 8.10. The number of benzene rings is 2. The van der Waals surface area contributed by atoms with Crippen molar-refractivity contribution in [1.29, 1.82) is 0 Å². The molecule has 2 aliphatic rings. The summed E-state index contributed by atoms with van der Waals surface area (Å²) in [5, 5.41) is 10.1. The lowest BCUT2D eigenvalue weighted by Crippen LogP contribution is -2.49. The fourth-order valence-electron chi connectivity index (χ4n) is 6.09. The Kier molecular flexibility index (Phi) is 8.82. The van der Waals surface area contributed by atoms with Gasteiger partial charge >= 0.3 is 0 Å². The molecule has 3 N–H and O–H groups in total. The van der Waals surface area contributed by atoms with Crippen LogP contribution in [0.2, 0.25) is 10.0 Å². The minimum Gasteiger partial charge on any atom is -0.352 e. The maximum absolute atomic E-state index is 15.6. The molecule has 1 aliphatic carbocycles. The van der Waals surface area contributed by atoms with E-state index in [4.69, 9.17) is 23.2 Å². The molecule has 8 heteroatoms. The highest BCUT2D eigenvalue weighted by molar-refractivity contribution is 6.31. The molecule has 1 saturated carbocycles. The molecule has 4 atom stereocenters. The summed E-state index contributed by atoms with van der Waals surface area (Å²) < 4.78 is 15.6. The molecule has 1 aliphatic heterocycles. The Labute approximate surface area is 228 Å². The van der Waals surface area contributed by atoms with Crippen molar-refractivity contribution in [3.05, 3.63) is 63.4 Å². The SMILES string of the molecule is CC(C)(C)CC1N[C@@H](C(=O)NC2CCCCC2)C(c2cccc(Cl)c2F)C1c1ccc(Cl)cc1NC=O. The summed E-state index contributed by atoms with van der Waals surface area (Å²) in [6, 6.07) is 9.56. The normalized spacial score (nSPS) is 24.6. The first-order valence-electron chi connectivity index (χ1n) is 13.1. The standard InChI is InChI=1S/C29H36Cl2FN3O2/c1-29(2,3)15-23-24(19-13-12-17(30)14-22(19)33-16-36)25(20-10-7-11-21(31)26(20)32)27(35-23)28(37)34-18-8-5-4-6-9-18/h7,10-14,16,18,23-25,27,35H,4-6,8-9,15H2,1-3H3,(H,33,36)(H,34,37)/t23?,24?,25?,27-/m1/s1. The maximum atomic E-state index is 15.6. The Morgan fingerprint density at radius 1 is 1.08 bits per heavy atom. The van der Waals surface area contributed by atoms with E-state index < -0.39 is 17.8 Å². The minimum absolute atomic E-state index is 0.0179. The van der Waals surface area contributed by atoms with Crippen molar-refractivity contribution in [1.82, 2.24) is 10.6 Å². The van der Waals surface area contributed by atoms with Crippen LogP contribution in [0.5, 0.6) is 0 Å². The van der Waals surface area contributed by atoms with E-state index in [0.717, 1.165) is 37.7 Å². The molecule has 2 aromatic rings. The van der Waals surface area contributed by atoms with E-state index in [0.29, 0.717) is 22.7 Å². The van der Waals surface area contributed by atoms with E-state index in [1.54, 1.807) is 24.3 Å². The monoisotopic (exact) mass is 547 g/mol. The summed E-state index contributed by atoms with van der Waals surface area (Å²) in [5.41, 5.74) is 1.66. The summed E-state index contributed by atoms with van der Waals surface area (Å²) in [5.74, 6) is -1.53. The zero-order chi connectivity index (χ0) is 26.7. The highest BCUT2D eigenvalue weighted by Gasteiger charge is 2.50. The van der Waals surface area contributed by atoms with Gasteiger partial charge in [-0.25, -0.2) is 4.39 Å². The van der Waals surface area contributed by atoms with Crippen molar-refractivity contribution in [2.45, 2.75) is 89.3 Å². The number of amides is 2. The molecule has 0 aromatic heterocycles. The highest BCUT2D eigenvalue weighted by atomic mass is 35.5. The molecule has 1 heterocycles. The van der Waals surface area contributed by atoms with Crippen molar-refractivity contribution in [2.75, 3.05) is 5.32 Å². The summed E-state index contributed by atoms with van der Waals surface area (Å²) >= 11 is 12.5. The Morgan fingerprint density at radius 3 is 2.49 bits per heavy atom. The smallest absolute Gasteiger partial charge is 0.238 e. The van der Waals surface area contributed by atoms with Gasteiger partial charge in [0.15, 0.2) is 0 Å². The van der Waals surface area contributed by atoms with Crippen LogP contribution >= 0.6 is 23.2 Å². The van der Waals surface area contributed by atoms with Gasteiger partial charge < -0.3 is 16.0 Å². The molecule has 4 rings (SSSR count). The van der Waals surface area contributed by atoms with Crippen molar-refractivity contribution in [2.24, 2.45) is 5.41 Å². The molecule has 37 heavy (non-hydrogen) atoms. The molecule has 3 unspecified atom stereocenters. The lowest BCUT2D eigenvalue weighted by molar-refractivity contribution is -0.124. The quantitative estimate of drug-likeness (QED) is 0.334. The summed E-state index contributed by atoms with van der Waals surface area (Å²) in [7, 11) is 0. The second-order valence-corrected chi connectivity index (χ2v) is 12.4. The van der Waals surface area contributed by atoms with Crippen LogP contribution in [0.1, 0.15) is 82.3 Å². The fraction of sp³-hybridized carbons (Fsp3) is 0.517. The lowest BCUT2D eigenvalue weighted by atomic mass is 9.73. The summed E-state index contributed by atoms with van der Waals surface area (Å²) in [6.07, 6.45) is 6.61. The molecule has 5 nitrogen and oxygen atoms in total. The first-order chi connectivity index (χ1) is 17.6. The van der Waals surface area contributed by atoms with E-state index in [9.17, 15) is 9.59 Å². The highest BCUT2D eigenvalue weighted by Crippen LogP contribution is 2.49. The molecule has 2 amide bonds. The second kappa shape index (κ2) is 11.7. The van der Waals surface area contributed by atoms with Gasteiger partial charge in [0.2, 0.25) is 12.3 Å². The van der Waals surface area contributed by atoms with Gasteiger partial charge in [-0.2, -0.15) is 0 Å². The number of carbonyl (C=O) groups excluding carboxylic acids is 2. The molecule has 0 spiro atoms. The van der Waals surface area contributed by atoms with Crippen molar-refractivity contribution < 1.29 is 14.0 Å². The van der Waals surface area contributed by atoms with Crippen molar-refractivity contribution >= 4 is 41.2 Å². The predicted molar refractivity (Wildman–Crippen MR) is 148 cm³/mol. The first-order valence-corrected chi connectivity index (χ1v) is 13.8. The van der Waals surface area contributed by atoms with Gasteiger partial charge in [-0.1, -0.05) is 81.4 Å². The van der Waals surface area contributed by atoms with Gasteiger partial charge in [0.05, 0.1) is 11.1 Å². The number of hydrogen-bond acceptors (Lipinski definition) is 3. The van der Waals surface area contributed by atoms with Gasteiger partial charge in [-0.15, -0.1) is 0 Å². The van der Waals surface area contributed by atoms with Gasteiger partial charge in [0.1, 0.15) is 5.82 Å². The van der Waals surface area contributed by atoms with Gasteiger partial charge in [0.25, 0.3) is 0 Å². The Morgan fingerprint density at radius 2 is 1.81 bits per heavy atom. The number of anilines is 1. The van der Waals surface area contributed by atoms with E-state index in [-0.39, 0.29) is 34.3 Å². The second-order valence-electron chi connectivity index (χ2n) is 11.5. The van der Waals surface area contributed by atoms with Gasteiger partial charge in [-0.3, -0.25) is 9.59 Å². The summed E-state index contributed by atoms with van der Waals surface area (Å²) in [6.45, 7) is 6.42. The largest absolute Gasteiger partial charge is 0.352 e. The number of nitrogens with one attached hydrogen (secondary N) is 3.